The average Bonchev–Trinajstić information content (AvgIpc) is 1.90. The van der Waals surface area contributed by atoms with Gasteiger partial charge >= 0.3 is 0 Å². The summed E-state index contributed by atoms with van der Waals surface area (Å²) >= 11 is 0. The molecule has 0 aromatic heterocycles. The lowest BCUT2D eigenvalue weighted by molar-refractivity contribution is 0.147. The highest BCUT2D eigenvalue weighted by Gasteiger charge is 2.24. The van der Waals surface area contributed by atoms with Crippen molar-refractivity contribution in [3.63, 3.8) is 0 Å². The van der Waals surface area contributed by atoms with E-state index in [1.807, 2.05) is 0 Å². The van der Waals surface area contributed by atoms with Gasteiger partial charge in [0, 0.05) is 5.54 Å². The van der Waals surface area contributed by atoms with Crippen LogP contribution >= 0.6 is 0 Å². The second-order valence-corrected chi connectivity index (χ2v) is 3.10. The Morgan fingerprint density at radius 1 is 1.56 bits per heavy atom. The zero-order valence-corrected chi connectivity index (χ0v) is 5.98. The first-order chi connectivity index (χ1) is 4.27. The van der Waals surface area contributed by atoms with Crippen LogP contribution in [0, 0.1) is 0 Å². The van der Waals surface area contributed by atoms with Crippen LogP contribution in [0.25, 0.3) is 0 Å². The molecule has 9 heavy (non-hydrogen) atoms. The molecule has 1 aliphatic heterocycles. The number of piperidine rings is 1. The maximum absolute atomic E-state index is 8.89. The number of nitrogens with one attached hydrogen (secondary N) is 1. The summed E-state index contributed by atoms with van der Waals surface area (Å²) in [6.07, 6.45) is 3.63. The highest BCUT2D eigenvalue weighted by atomic mass is 16.3. The summed E-state index contributed by atoms with van der Waals surface area (Å²) in [7, 11) is 0. The lowest BCUT2D eigenvalue weighted by Gasteiger charge is -2.32. The summed E-state index contributed by atoms with van der Waals surface area (Å²) in [6.45, 7) is 3.41. The molecule has 54 valence electrons. The Morgan fingerprint density at radius 2 is 2.33 bits per heavy atom. The van der Waals surface area contributed by atoms with Crippen LogP contribution in [0.2, 0.25) is 0 Å². The minimum Gasteiger partial charge on any atom is -0.394 e. The van der Waals surface area contributed by atoms with Crippen LogP contribution in [0.1, 0.15) is 26.2 Å². The van der Waals surface area contributed by atoms with Gasteiger partial charge in [-0.1, -0.05) is 6.42 Å². The van der Waals surface area contributed by atoms with E-state index < -0.39 is 0 Å². The van der Waals surface area contributed by atoms with Crippen LogP contribution in [0.4, 0.5) is 0 Å². The van der Waals surface area contributed by atoms with Gasteiger partial charge in [0.1, 0.15) is 0 Å². The van der Waals surface area contributed by atoms with Gasteiger partial charge in [-0.3, -0.25) is 0 Å². The maximum atomic E-state index is 8.89. The van der Waals surface area contributed by atoms with E-state index in [4.69, 9.17) is 5.11 Å². The van der Waals surface area contributed by atoms with E-state index in [2.05, 4.69) is 12.2 Å². The zero-order chi connectivity index (χ0) is 6.74. The minimum atomic E-state index is 0.0260. The third-order valence-corrected chi connectivity index (χ3v) is 2.06. The van der Waals surface area contributed by atoms with E-state index in [0.717, 1.165) is 13.0 Å². The molecule has 1 fully saturated rings. The molecule has 0 radical (unpaired) electrons. The first kappa shape index (κ1) is 7.03. The van der Waals surface area contributed by atoms with Crippen molar-refractivity contribution in [1.82, 2.24) is 5.32 Å². The standard InChI is InChI=1S/C7H15NO/c1-7(6-9)4-2-3-5-8-7/h8-9H,2-6H2,1H3/t7-/m0/s1. The summed E-state index contributed by atoms with van der Waals surface area (Å²) in [4.78, 5) is 0. The summed E-state index contributed by atoms with van der Waals surface area (Å²) in [5.74, 6) is 0. The van der Waals surface area contributed by atoms with Crippen LogP contribution < -0.4 is 5.32 Å². The second-order valence-electron chi connectivity index (χ2n) is 3.10. The molecule has 2 nitrogen and oxygen atoms in total. The van der Waals surface area contributed by atoms with Gasteiger partial charge in [-0.2, -0.15) is 0 Å². The lowest BCUT2D eigenvalue weighted by Crippen LogP contribution is -2.48. The number of hydrogen-bond donors (Lipinski definition) is 2. The van der Waals surface area contributed by atoms with Crippen LogP contribution in [0.3, 0.4) is 0 Å². The topological polar surface area (TPSA) is 32.3 Å². The van der Waals surface area contributed by atoms with E-state index in [1.54, 1.807) is 0 Å². The highest BCUT2D eigenvalue weighted by Crippen LogP contribution is 2.16. The third-order valence-electron chi connectivity index (χ3n) is 2.06. The molecule has 1 atom stereocenters. The van der Waals surface area contributed by atoms with Crippen molar-refractivity contribution in [2.24, 2.45) is 0 Å². The summed E-state index contributed by atoms with van der Waals surface area (Å²) < 4.78 is 0. The molecule has 1 saturated heterocycles. The largest absolute Gasteiger partial charge is 0.394 e. The Morgan fingerprint density at radius 3 is 2.67 bits per heavy atom. The van der Waals surface area contributed by atoms with Crippen molar-refractivity contribution in [2.75, 3.05) is 13.2 Å². The predicted molar refractivity (Wildman–Crippen MR) is 37.3 cm³/mol. The summed E-state index contributed by atoms with van der Waals surface area (Å²) in [5, 5.41) is 12.2. The Balaban J connectivity index is 2.37. The maximum Gasteiger partial charge on any atom is 0.0610 e. The fourth-order valence-corrected chi connectivity index (χ4v) is 1.25. The van der Waals surface area contributed by atoms with Gasteiger partial charge in [-0.25, -0.2) is 0 Å². The molecule has 0 bridgehead atoms. The smallest absolute Gasteiger partial charge is 0.0610 e. The Bertz CT molecular complexity index is 86.9. The third kappa shape index (κ3) is 1.66. The van der Waals surface area contributed by atoms with Crippen LogP contribution in [-0.2, 0) is 0 Å². The normalized spacial score (nSPS) is 36.7. The predicted octanol–water partition coefficient (Wildman–Crippen LogP) is 0.511. The number of rotatable bonds is 1. The van der Waals surface area contributed by atoms with Gasteiger partial charge in [0.15, 0.2) is 0 Å². The molecule has 0 aliphatic carbocycles. The van der Waals surface area contributed by atoms with Crippen molar-refractivity contribution >= 4 is 0 Å². The molecule has 0 unspecified atom stereocenters. The van der Waals surface area contributed by atoms with Gasteiger partial charge in [0.25, 0.3) is 0 Å². The van der Waals surface area contributed by atoms with Gasteiger partial charge in [-0.05, 0) is 26.3 Å². The van der Waals surface area contributed by atoms with Crippen molar-refractivity contribution < 1.29 is 5.11 Å². The van der Waals surface area contributed by atoms with E-state index in [9.17, 15) is 0 Å². The first-order valence-electron chi connectivity index (χ1n) is 3.63. The summed E-state index contributed by atoms with van der Waals surface area (Å²) in [5.41, 5.74) is 0.0260. The number of hydrogen-bond acceptors (Lipinski definition) is 2. The fourth-order valence-electron chi connectivity index (χ4n) is 1.25. The molecule has 0 aromatic carbocycles. The van der Waals surface area contributed by atoms with Crippen LogP contribution in [0.5, 0.6) is 0 Å². The molecule has 1 rings (SSSR count). The zero-order valence-electron chi connectivity index (χ0n) is 5.98. The SMILES string of the molecule is C[C@@]1(CO)CCCCN1. The van der Waals surface area contributed by atoms with E-state index >= 15 is 0 Å². The molecular weight excluding hydrogens is 114 g/mol. The number of aliphatic hydroxyl groups is 1. The van der Waals surface area contributed by atoms with E-state index in [0.29, 0.717) is 0 Å². The number of aliphatic hydroxyl groups excluding tert-OH is 1. The van der Waals surface area contributed by atoms with Gasteiger partial charge < -0.3 is 10.4 Å². The molecule has 0 spiro atoms. The monoisotopic (exact) mass is 129 g/mol. The molecule has 0 aromatic rings. The van der Waals surface area contributed by atoms with Crippen LogP contribution in [-0.4, -0.2) is 23.8 Å². The van der Waals surface area contributed by atoms with E-state index in [-0.39, 0.29) is 12.1 Å². The molecule has 2 heteroatoms. The molecule has 1 aliphatic rings. The molecule has 0 amide bonds. The Hall–Kier alpha value is -0.0800. The quantitative estimate of drug-likeness (QED) is 0.540. The molecule has 0 saturated carbocycles. The first-order valence-corrected chi connectivity index (χ1v) is 3.63. The second kappa shape index (κ2) is 2.67. The minimum absolute atomic E-state index is 0.0260. The van der Waals surface area contributed by atoms with Crippen molar-refractivity contribution in [1.29, 1.82) is 0 Å². The Kier molecular flexibility index (Phi) is 2.09. The van der Waals surface area contributed by atoms with Gasteiger partial charge in [0.05, 0.1) is 6.61 Å². The van der Waals surface area contributed by atoms with Crippen LogP contribution in [0.15, 0.2) is 0 Å². The van der Waals surface area contributed by atoms with Gasteiger partial charge in [0.2, 0.25) is 0 Å². The van der Waals surface area contributed by atoms with E-state index in [1.165, 1.54) is 12.8 Å². The van der Waals surface area contributed by atoms with Gasteiger partial charge in [-0.15, -0.1) is 0 Å². The Labute approximate surface area is 56.3 Å². The lowest BCUT2D eigenvalue weighted by atomic mass is 9.92. The van der Waals surface area contributed by atoms with Crippen molar-refractivity contribution in [2.45, 2.75) is 31.7 Å². The molecule has 2 N–H and O–H groups in total. The molecule has 1 heterocycles. The fraction of sp³-hybridized carbons (Fsp3) is 1.00. The molecular formula is C7H15NO. The average molecular weight is 129 g/mol. The van der Waals surface area contributed by atoms with Crippen molar-refractivity contribution in [3.05, 3.63) is 0 Å². The van der Waals surface area contributed by atoms with Crippen molar-refractivity contribution in [3.8, 4) is 0 Å². The highest BCUT2D eigenvalue weighted by molar-refractivity contribution is 4.85. The summed E-state index contributed by atoms with van der Waals surface area (Å²) in [6, 6.07) is 0.